The topological polar surface area (TPSA) is 52.7 Å². The van der Waals surface area contributed by atoms with Crippen LogP contribution in [-0.2, 0) is 22.6 Å². The lowest BCUT2D eigenvalue weighted by molar-refractivity contribution is -0.126. The minimum absolute atomic E-state index is 0.0441. The molecule has 0 radical (unpaired) electrons. The fourth-order valence-electron chi connectivity index (χ4n) is 4.16. The Kier molecular flexibility index (Phi) is 5.72. The van der Waals surface area contributed by atoms with Gasteiger partial charge < -0.3 is 10.2 Å². The second-order valence-electron chi connectivity index (χ2n) is 7.68. The summed E-state index contributed by atoms with van der Waals surface area (Å²) in [7, 11) is 0. The molecule has 1 saturated heterocycles. The van der Waals surface area contributed by atoms with Gasteiger partial charge in [0.15, 0.2) is 0 Å². The Balaban J connectivity index is 1.23. The van der Waals surface area contributed by atoms with Crippen molar-refractivity contribution in [3.63, 3.8) is 0 Å². The Morgan fingerprint density at radius 1 is 0.929 bits per heavy atom. The van der Waals surface area contributed by atoms with Crippen molar-refractivity contribution in [3.05, 3.63) is 65.7 Å². The van der Waals surface area contributed by atoms with E-state index in [0.29, 0.717) is 13.1 Å². The van der Waals surface area contributed by atoms with Crippen molar-refractivity contribution >= 4 is 17.5 Å². The van der Waals surface area contributed by atoms with Gasteiger partial charge in [-0.3, -0.25) is 14.5 Å². The molecule has 0 bridgehead atoms. The summed E-state index contributed by atoms with van der Waals surface area (Å²) in [5.41, 5.74) is 3.43. The minimum atomic E-state index is 0.0441. The van der Waals surface area contributed by atoms with E-state index in [1.165, 1.54) is 5.56 Å². The van der Waals surface area contributed by atoms with Crippen molar-refractivity contribution in [2.75, 3.05) is 31.1 Å². The molecule has 0 aromatic heterocycles. The number of amides is 2. The van der Waals surface area contributed by atoms with Gasteiger partial charge in [0.25, 0.3) is 0 Å². The molecule has 4 rings (SSSR count). The van der Waals surface area contributed by atoms with Crippen molar-refractivity contribution in [2.45, 2.75) is 25.8 Å². The third-order valence-electron chi connectivity index (χ3n) is 5.82. The van der Waals surface area contributed by atoms with Crippen LogP contribution in [0.25, 0.3) is 0 Å². The molecule has 0 saturated carbocycles. The monoisotopic (exact) mass is 377 g/mol. The molecule has 1 fully saturated rings. The molecule has 1 N–H and O–H groups in total. The van der Waals surface area contributed by atoms with E-state index < -0.39 is 0 Å². The van der Waals surface area contributed by atoms with E-state index in [9.17, 15) is 9.59 Å². The van der Waals surface area contributed by atoms with Crippen LogP contribution in [0.3, 0.4) is 0 Å². The molecule has 5 heteroatoms. The van der Waals surface area contributed by atoms with E-state index in [-0.39, 0.29) is 17.7 Å². The van der Waals surface area contributed by atoms with E-state index in [2.05, 4.69) is 16.3 Å². The maximum absolute atomic E-state index is 12.8. The number of carbonyl (C=O) groups is 2. The van der Waals surface area contributed by atoms with Crippen molar-refractivity contribution in [1.29, 1.82) is 0 Å². The van der Waals surface area contributed by atoms with Gasteiger partial charge in [-0.05, 0) is 49.5 Å². The third kappa shape index (κ3) is 4.25. The van der Waals surface area contributed by atoms with Gasteiger partial charge in [0.2, 0.25) is 11.8 Å². The second-order valence-corrected chi connectivity index (χ2v) is 7.68. The van der Waals surface area contributed by atoms with Gasteiger partial charge >= 0.3 is 0 Å². The summed E-state index contributed by atoms with van der Waals surface area (Å²) in [4.78, 5) is 29.3. The summed E-state index contributed by atoms with van der Waals surface area (Å²) in [6.07, 6.45) is 2.56. The zero-order chi connectivity index (χ0) is 19.3. The van der Waals surface area contributed by atoms with Gasteiger partial charge in [0.1, 0.15) is 0 Å². The predicted molar refractivity (Wildman–Crippen MR) is 110 cm³/mol. The molecule has 2 amide bonds. The van der Waals surface area contributed by atoms with Crippen LogP contribution < -0.4 is 10.2 Å². The quantitative estimate of drug-likeness (QED) is 0.871. The van der Waals surface area contributed by atoms with Crippen LogP contribution >= 0.6 is 0 Å². The zero-order valence-electron chi connectivity index (χ0n) is 16.1. The number of likely N-dealkylation sites (tertiary alicyclic amines) is 1. The van der Waals surface area contributed by atoms with E-state index in [4.69, 9.17) is 0 Å². The Morgan fingerprint density at radius 3 is 2.43 bits per heavy atom. The summed E-state index contributed by atoms with van der Waals surface area (Å²) in [5, 5.41) is 3.05. The van der Waals surface area contributed by atoms with Gasteiger partial charge in [0, 0.05) is 24.7 Å². The summed E-state index contributed by atoms with van der Waals surface area (Å²) in [5.74, 6) is 0.336. The minimum Gasteiger partial charge on any atom is -0.352 e. The molecule has 0 aliphatic carbocycles. The van der Waals surface area contributed by atoms with E-state index >= 15 is 0 Å². The van der Waals surface area contributed by atoms with Crippen LogP contribution in [0.5, 0.6) is 0 Å². The molecular formula is C23H27N3O2. The molecule has 2 aliphatic heterocycles. The highest BCUT2D eigenvalue weighted by Gasteiger charge is 2.29. The highest BCUT2D eigenvalue weighted by molar-refractivity contribution is 5.96. The summed E-state index contributed by atoms with van der Waals surface area (Å²) in [6, 6.07) is 18.1. The average molecular weight is 377 g/mol. The first-order valence-corrected chi connectivity index (χ1v) is 10.1. The van der Waals surface area contributed by atoms with E-state index in [0.717, 1.165) is 50.1 Å². The number of para-hydroxylation sites is 1. The number of piperidine rings is 1. The number of benzene rings is 2. The molecule has 2 aromatic rings. The Bertz CT molecular complexity index is 829. The van der Waals surface area contributed by atoms with Crippen LogP contribution in [-0.4, -0.2) is 42.9 Å². The van der Waals surface area contributed by atoms with Crippen molar-refractivity contribution in [2.24, 2.45) is 5.92 Å². The van der Waals surface area contributed by atoms with Crippen LogP contribution in [0.2, 0.25) is 0 Å². The predicted octanol–water partition coefficient (Wildman–Crippen LogP) is 2.60. The van der Waals surface area contributed by atoms with Crippen molar-refractivity contribution in [1.82, 2.24) is 10.2 Å². The number of nitrogens with one attached hydrogen (secondary N) is 1. The van der Waals surface area contributed by atoms with Gasteiger partial charge in [0.05, 0.1) is 6.54 Å². The number of rotatable bonds is 5. The largest absolute Gasteiger partial charge is 0.352 e. The number of hydrogen-bond acceptors (Lipinski definition) is 3. The van der Waals surface area contributed by atoms with Gasteiger partial charge in [-0.15, -0.1) is 0 Å². The van der Waals surface area contributed by atoms with Crippen LogP contribution in [0.1, 0.15) is 24.0 Å². The average Bonchev–Trinajstić information content (AvgIpc) is 3.18. The molecule has 28 heavy (non-hydrogen) atoms. The van der Waals surface area contributed by atoms with E-state index in [1.54, 1.807) is 0 Å². The number of nitrogens with zero attached hydrogens (tertiary/aromatic N) is 2. The van der Waals surface area contributed by atoms with Crippen LogP contribution in [0.4, 0.5) is 5.69 Å². The molecule has 2 heterocycles. The molecule has 0 unspecified atom stereocenters. The van der Waals surface area contributed by atoms with Crippen molar-refractivity contribution in [3.8, 4) is 0 Å². The normalized spacial score (nSPS) is 17.4. The SMILES string of the molecule is O=C(NCc1ccccc1)C1CCN(CC(=O)N2CCc3ccccc32)CC1. The number of hydrogen-bond donors (Lipinski definition) is 1. The maximum Gasteiger partial charge on any atom is 0.241 e. The lowest BCUT2D eigenvalue weighted by Gasteiger charge is -2.32. The smallest absolute Gasteiger partial charge is 0.241 e. The van der Waals surface area contributed by atoms with E-state index in [1.807, 2.05) is 53.4 Å². The second kappa shape index (κ2) is 8.57. The standard InChI is InChI=1S/C23H27N3O2/c27-22(26-15-12-19-8-4-5-9-21(19)26)17-25-13-10-20(11-14-25)23(28)24-16-18-6-2-1-3-7-18/h1-9,20H,10-17H2,(H,24,28). The molecule has 0 spiro atoms. The fraction of sp³-hybridized carbons (Fsp3) is 0.391. The van der Waals surface area contributed by atoms with Crippen molar-refractivity contribution < 1.29 is 9.59 Å². The molecular weight excluding hydrogens is 350 g/mol. The van der Waals surface area contributed by atoms with Gasteiger partial charge in [-0.2, -0.15) is 0 Å². The first kappa shape index (κ1) is 18.7. The highest BCUT2D eigenvalue weighted by atomic mass is 16.2. The maximum atomic E-state index is 12.8. The third-order valence-corrected chi connectivity index (χ3v) is 5.82. The Morgan fingerprint density at radius 2 is 1.64 bits per heavy atom. The summed E-state index contributed by atoms with van der Waals surface area (Å²) in [6.45, 7) is 3.38. The fourth-order valence-corrected chi connectivity index (χ4v) is 4.16. The van der Waals surface area contributed by atoms with Gasteiger partial charge in [-0.1, -0.05) is 48.5 Å². The molecule has 2 aromatic carbocycles. The molecule has 146 valence electrons. The lowest BCUT2D eigenvalue weighted by atomic mass is 9.96. The summed E-state index contributed by atoms with van der Waals surface area (Å²) < 4.78 is 0. The molecule has 2 aliphatic rings. The van der Waals surface area contributed by atoms with Crippen LogP contribution in [0, 0.1) is 5.92 Å². The molecule has 0 atom stereocenters. The highest BCUT2D eigenvalue weighted by Crippen LogP contribution is 2.28. The number of anilines is 1. The first-order valence-electron chi connectivity index (χ1n) is 10.1. The first-order chi connectivity index (χ1) is 13.7. The lowest BCUT2D eigenvalue weighted by Crippen LogP contribution is -2.45. The zero-order valence-corrected chi connectivity index (χ0v) is 16.1. The summed E-state index contributed by atoms with van der Waals surface area (Å²) >= 11 is 0. The van der Waals surface area contributed by atoms with Crippen LogP contribution in [0.15, 0.2) is 54.6 Å². The number of carbonyl (C=O) groups excluding carboxylic acids is 2. The van der Waals surface area contributed by atoms with Gasteiger partial charge in [-0.25, -0.2) is 0 Å². The number of fused-ring (bicyclic) bond motifs is 1. The molecule has 5 nitrogen and oxygen atoms in total. The Labute approximate surface area is 166 Å². The Hall–Kier alpha value is -2.66.